The van der Waals surface area contributed by atoms with Crippen LogP contribution in [0.3, 0.4) is 0 Å². The molecule has 1 spiro atoms. The molecule has 0 unspecified atom stereocenters. The smallest absolute Gasteiger partial charge is 0.339 e. The molecule has 1 aromatic rings. The van der Waals surface area contributed by atoms with Crippen molar-refractivity contribution in [2.45, 2.75) is 12.8 Å². The van der Waals surface area contributed by atoms with Crippen molar-refractivity contribution < 1.29 is 14.4 Å². The van der Waals surface area contributed by atoms with E-state index in [0.29, 0.717) is 22.3 Å². The van der Waals surface area contributed by atoms with E-state index in [2.05, 4.69) is 22.3 Å². The Morgan fingerprint density at radius 1 is 1.43 bits per heavy atom. The van der Waals surface area contributed by atoms with Crippen LogP contribution >= 0.6 is 0 Å². The number of carbonyl (C=O) groups excluding carboxylic acids is 1. The van der Waals surface area contributed by atoms with Crippen molar-refractivity contribution in [1.29, 1.82) is 0 Å². The molecule has 0 atom stereocenters. The summed E-state index contributed by atoms with van der Waals surface area (Å²) < 4.78 is 4.75. The Morgan fingerprint density at radius 3 is 2.83 bits per heavy atom. The van der Waals surface area contributed by atoms with Crippen molar-refractivity contribution in [3.05, 3.63) is 29.3 Å². The van der Waals surface area contributed by atoms with E-state index in [1.54, 1.807) is 18.2 Å². The highest BCUT2D eigenvalue weighted by Gasteiger charge is 2.46. The number of carbonyl (C=O) groups is 1. The minimum Gasteiger partial charge on any atom is -0.465 e. The zero-order valence-corrected chi connectivity index (χ0v) is 13.0. The number of hydrogen-bond donors (Lipinski definition) is 2. The second-order valence-electron chi connectivity index (χ2n) is 5.91. The number of benzene rings is 1. The quantitative estimate of drug-likeness (QED) is 0.492. The number of nitrogens with zero attached hydrogens (tertiary/aromatic N) is 1. The summed E-state index contributed by atoms with van der Waals surface area (Å²) in [5.74, 6) is 5.70. The maximum atomic E-state index is 11.7. The van der Waals surface area contributed by atoms with E-state index in [1.165, 1.54) is 7.11 Å². The van der Waals surface area contributed by atoms with Crippen molar-refractivity contribution in [3.8, 4) is 17.6 Å². The molecule has 1 aromatic carbocycles. The lowest BCUT2D eigenvalue weighted by Crippen LogP contribution is -2.60. The Morgan fingerprint density at radius 2 is 2.22 bits per heavy atom. The van der Waals surface area contributed by atoms with Crippen LogP contribution in [0.4, 0.5) is 0 Å². The number of rotatable bonds is 3. The number of nitrogens with one attached hydrogen (secondary N) is 1. The number of esters is 1. The molecule has 6 nitrogen and oxygen atoms in total. The fourth-order valence-electron chi connectivity index (χ4n) is 2.84. The van der Waals surface area contributed by atoms with Gasteiger partial charge in [-0.05, 0) is 25.0 Å². The summed E-state index contributed by atoms with van der Waals surface area (Å²) in [5.41, 5.74) is 7.79. The van der Waals surface area contributed by atoms with Gasteiger partial charge in [0.25, 0.3) is 0 Å². The van der Waals surface area contributed by atoms with Crippen molar-refractivity contribution >= 4 is 11.7 Å². The number of methoxy groups -OCH3 is 1. The molecule has 1 aliphatic heterocycles. The van der Waals surface area contributed by atoms with Crippen LogP contribution in [0.15, 0.2) is 23.4 Å². The van der Waals surface area contributed by atoms with Crippen LogP contribution in [-0.4, -0.2) is 38.4 Å². The monoisotopic (exact) mass is 313 g/mol. The van der Waals surface area contributed by atoms with Gasteiger partial charge in [-0.15, -0.1) is 0 Å². The third-order valence-electron chi connectivity index (χ3n) is 4.16. The molecule has 1 aliphatic carbocycles. The summed E-state index contributed by atoms with van der Waals surface area (Å²) in [6.07, 6.45) is 1.97. The minimum absolute atomic E-state index is 0.212. The van der Waals surface area contributed by atoms with E-state index in [0.717, 1.165) is 31.6 Å². The summed E-state index contributed by atoms with van der Waals surface area (Å²) in [4.78, 5) is 17.2. The molecule has 3 rings (SSSR count). The van der Waals surface area contributed by atoms with Crippen LogP contribution < -0.4 is 15.9 Å². The van der Waals surface area contributed by atoms with Gasteiger partial charge in [-0.2, -0.15) is 0 Å². The Balaban J connectivity index is 1.72. The first-order valence-corrected chi connectivity index (χ1v) is 7.51. The first-order valence-electron chi connectivity index (χ1n) is 7.51. The van der Waals surface area contributed by atoms with Crippen LogP contribution in [0.5, 0.6) is 5.75 Å². The normalized spacial score (nSPS) is 17.4. The first-order chi connectivity index (χ1) is 11.2. The lowest BCUT2D eigenvalue weighted by molar-refractivity contribution is 0.0600. The highest BCUT2D eigenvalue weighted by atomic mass is 16.6. The SMILES string of the molecule is COC(=O)c1ccc(ON=C2CC3(CNC3)C2)cc1C#CCN. The molecule has 120 valence electrons. The van der Waals surface area contributed by atoms with Crippen LogP contribution in [0.25, 0.3) is 0 Å². The summed E-state index contributed by atoms with van der Waals surface area (Å²) >= 11 is 0. The van der Waals surface area contributed by atoms with Crippen LogP contribution in [0.1, 0.15) is 28.8 Å². The maximum Gasteiger partial charge on any atom is 0.339 e. The van der Waals surface area contributed by atoms with Gasteiger partial charge in [0.05, 0.1) is 24.9 Å². The first kappa shape index (κ1) is 15.5. The second-order valence-corrected chi connectivity index (χ2v) is 5.91. The average molecular weight is 313 g/mol. The predicted octanol–water partition coefficient (Wildman–Crippen LogP) is 0.902. The van der Waals surface area contributed by atoms with Crippen LogP contribution in [0, 0.1) is 17.3 Å². The molecule has 23 heavy (non-hydrogen) atoms. The molecule has 0 amide bonds. The summed E-state index contributed by atoms with van der Waals surface area (Å²) in [7, 11) is 1.33. The van der Waals surface area contributed by atoms with E-state index in [-0.39, 0.29) is 6.54 Å². The molecule has 6 heteroatoms. The fourth-order valence-corrected chi connectivity index (χ4v) is 2.84. The molecule has 0 bridgehead atoms. The lowest BCUT2D eigenvalue weighted by Gasteiger charge is -2.49. The number of ether oxygens (including phenoxy) is 1. The zero-order valence-electron chi connectivity index (χ0n) is 13.0. The van der Waals surface area contributed by atoms with E-state index in [1.807, 2.05) is 0 Å². The number of oxime groups is 1. The molecular formula is C17H19N3O3. The summed E-state index contributed by atoms with van der Waals surface area (Å²) in [6.45, 7) is 2.35. The molecule has 2 fully saturated rings. The topological polar surface area (TPSA) is 85.9 Å². The molecule has 0 radical (unpaired) electrons. The van der Waals surface area contributed by atoms with Crippen LogP contribution in [-0.2, 0) is 4.74 Å². The van der Waals surface area contributed by atoms with Gasteiger partial charge in [0.1, 0.15) is 0 Å². The van der Waals surface area contributed by atoms with Gasteiger partial charge in [0, 0.05) is 30.1 Å². The van der Waals surface area contributed by atoms with E-state index >= 15 is 0 Å². The summed E-state index contributed by atoms with van der Waals surface area (Å²) in [5, 5.41) is 7.48. The third-order valence-corrected chi connectivity index (χ3v) is 4.16. The van der Waals surface area contributed by atoms with Crippen molar-refractivity contribution in [2.75, 3.05) is 26.7 Å². The molecule has 2 aliphatic rings. The Kier molecular flexibility index (Phi) is 4.33. The predicted molar refractivity (Wildman–Crippen MR) is 86.3 cm³/mol. The Bertz CT molecular complexity index is 702. The van der Waals surface area contributed by atoms with Gasteiger partial charge < -0.3 is 20.6 Å². The van der Waals surface area contributed by atoms with E-state index in [4.69, 9.17) is 15.3 Å². The third kappa shape index (κ3) is 3.21. The Hall–Kier alpha value is -2.36. The number of nitrogens with two attached hydrogens (primary N) is 1. The van der Waals surface area contributed by atoms with Gasteiger partial charge in [-0.1, -0.05) is 17.0 Å². The molecule has 1 heterocycles. The van der Waals surface area contributed by atoms with Gasteiger partial charge >= 0.3 is 5.97 Å². The minimum atomic E-state index is -0.442. The van der Waals surface area contributed by atoms with E-state index < -0.39 is 5.97 Å². The Labute approximate surface area is 135 Å². The molecular weight excluding hydrogens is 294 g/mol. The standard InChI is InChI=1S/C17H19N3O3/c1-22-16(21)15-5-4-14(7-12(15)3-2-6-18)23-20-13-8-17(9-13)10-19-11-17/h4-5,7,19H,6,8-11,18H2,1H3. The highest BCUT2D eigenvalue weighted by Crippen LogP contribution is 2.42. The van der Waals surface area contributed by atoms with Crippen molar-refractivity contribution in [3.63, 3.8) is 0 Å². The van der Waals surface area contributed by atoms with Crippen molar-refractivity contribution in [2.24, 2.45) is 16.3 Å². The molecule has 1 saturated carbocycles. The lowest BCUT2D eigenvalue weighted by atomic mass is 9.63. The molecule has 3 N–H and O–H groups in total. The van der Waals surface area contributed by atoms with Gasteiger partial charge in [-0.25, -0.2) is 4.79 Å². The maximum absolute atomic E-state index is 11.7. The highest BCUT2D eigenvalue weighted by molar-refractivity contribution is 5.93. The largest absolute Gasteiger partial charge is 0.465 e. The van der Waals surface area contributed by atoms with Gasteiger partial charge in [-0.3, -0.25) is 0 Å². The van der Waals surface area contributed by atoms with E-state index in [9.17, 15) is 4.79 Å². The number of hydrogen-bond acceptors (Lipinski definition) is 6. The zero-order chi connectivity index (χ0) is 16.3. The van der Waals surface area contributed by atoms with Crippen molar-refractivity contribution in [1.82, 2.24) is 5.32 Å². The second kappa shape index (κ2) is 6.41. The van der Waals surface area contributed by atoms with Crippen LogP contribution in [0.2, 0.25) is 0 Å². The average Bonchev–Trinajstić information content (AvgIpc) is 2.49. The molecule has 1 saturated heterocycles. The van der Waals surface area contributed by atoms with Gasteiger partial charge in [0.15, 0.2) is 5.75 Å². The summed E-state index contributed by atoms with van der Waals surface area (Å²) in [6, 6.07) is 4.99. The van der Waals surface area contributed by atoms with Gasteiger partial charge in [0.2, 0.25) is 0 Å². The molecule has 0 aromatic heterocycles. The fraction of sp³-hybridized carbons (Fsp3) is 0.412.